The van der Waals surface area contributed by atoms with Crippen LogP contribution in [0.1, 0.15) is 5.56 Å². The average Bonchev–Trinajstić information content (AvgIpc) is 3.12. The van der Waals surface area contributed by atoms with Crippen molar-refractivity contribution < 1.29 is 13.2 Å². The van der Waals surface area contributed by atoms with Crippen molar-refractivity contribution in [2.75, 3.05) is 32.1 Å². The number of hydrogen-bond acceptors (Lipinski definition) is 7. The number of nitrogens with one attached hydrogen (secondary N) is 1. The zero-order valence-electron chi connectivity index (χ0n) is 19.0. The van der Waals surface area contributed by atoms with Gasteiger partial charge in [-0.1, -0.05) is 23.7 Å². The second-order valence-electron chi connectivity index (χ2n) is 8.63. The Bertz CT molecular complexity index is 1230. The number of aromatic nitrogens is 3. The van der Waals surface area contributed by atoms with E-state index in [1.807, 2.05) is 26.5 Å². The van der Waals surface area contributed by atoms with Crippen LogP contribution in [0.15, 0.2) is 61.3 Å². The SMILES string of the molecule is CN1C=CN(C)C1NC1CN(c2cnc(-c3ccc(C(F)(F)F)cc3)c(-c3ccncc3Cl)n2)C1. The number of pyridine rings is 1. The highest BCUT2D eigenvalue weighted by Crippen LogP contribution is 2.36. The van der Waals surface area contributed by atoms with Gasteiger partial charge in [0.1, 0.15) is 11.5 Å². The van der Waals surface area contributed by atoms with E-state index in [2.05, 4.69) is 30.0 Å². The molecule has 0 atom stereocenters. The first-order chi connectivity index (χ1) is 16.7. The first-order valence-corrected chi connectivity index (χ1v) is 11.4. The van der Waals surface area contributed by atoms with E-state index in [4.69, 9.17) is 16.6 Å². The van der Waals surface area contributed by atoms with E-state index in [-0.39, 0.29) is 12.3 Å². The molecule has 4 heterocycles. The number of benzene rings is 1. The molecule has 0 aliphatic carbocycles. The smallest absolute Gasteiger partial charge is 0.352 e. The standard InChI is InChI=1S/C24H23ClF3N7/c1-33-9-10-34(2)23(33)31-17-13-35(14-17)20-12-30-21(15-3-5-16(6-4-15)24(26,27)28)22(32-20)18-7-8-29-11-19(18)25/h3-12,17,23,31H,13-14H2,1-2H3. The highest BCUT2D eigenvalue weighted by molar-refractivity contribution is 6.33. The van der Waals surface area contributed by atoms with Crippen molar-refractivity contribution in [3.63, 3.8) is 0 Å². The summed E-state index contributed by atoms with van der Waals surface area (Å²) in [5.41, 5.74) is 1.35. The lowest BCUT2D eigenvalue weighted by molar-refractivity contribution is -0.137. The molecule has 35 heavy (non-hydrogen) atoms. The van der Waals surface area contributed by atoms with Gasteiger partial charge in [-0.25, -0.2) is 4.98 Å². The largest absolute Gasteiger partial charge is 0.416 e. The van der Waals surface area contributed by atoms with Crippen LogP contribution in [0.25, 0.3) is 22.5 Å². The Morgan fingerprint density at radius 2 is 1.66 bits per heavy atom. The number of nitrogens with zero attached hydrogens (tertiary/aromatic N) is 6. The van der Waals surface area contributed by atoms with Gasteiger partial charge < -0.3 is 14.7 Å². The Hall–Kier alpha value is -3.37. The molecule has 3 aromatic rings. The van der Waals surface area contributed by atoms with Crippen LogP contribution in [0.4, 0.5) is 19.0 Å². The molecule has 1 N–H and O–H groups in total. The molecule has 0 saturated carbocycles. The summed E-state index contributed by atoms with van der Waals surface area (Å²) in [5.74, 6) is 0.674. The molecular formula is C24H23ClF3N7. The van der Waals surface area contributed by atoms with Crippen molar-refractivity contribution in [2.45, 2.75) is 18.5 Å². The highest BCUT2D eigenvalue weighted by Gasteiger charge is 2.33. The van der Waals surface area contributed by atoms with E-state index in [0.717, 1.165) is 25.2 Å². The van der Waals surface area contributed by atoms with Crippen LogP contribution in [0.5, 0.6) is 0 Å². The lowest BCUT2D eigenvalue weighted by Gasteiger charge is -2.43. The molecule has 1 aromatic carbocycles. The van der Waals surface area contributed by atoms with Gasteiger partial charge in [0.25, 0.3) is 0 Å². The number of rotatable bonds is 5. The molecule has 7 nitrogen and oxygen atoms in total. The molecule has 1 saturated heterocycles. The molecule has 11 heteroatoms. The first-order valence-electron chi connectivity index (χ1n) is 11.0. The van der Waals surface area contributed by atoms with Crippen molar-refractivity contribution in [3.8, 4) is 22.5 Å². The van der Waals surface area contributed by atoms with E-state index < -0.39 is 11.7 Å². The van der Waals surface area contributed by atoms with E-state index in [0.29, 0.717) is 33.4 Å². The fraction of sp³-hybridized carbons (Fsp3) is 0.292. The summed E-state index contributed by atoms with van der Waals surface area (Å²) in [7, 11) is 4.04. The Morgan fingerprint density at radius 3 is 2.29 bits per heavy atom. The molecule has 0 amide bonds. The third kappa shape index (κ3) is 4.63. The van der Waals surface area contributed by atoms with E-state index in [1.54, 1.807) is 18.5 Å². The van der Waals surface area contributed by atoms with Crippen LogP contribution < -0.4 is 10.2 Å². The number of halogens is 4. The van der Waals surface area contributed by atoms with Crippen molar-refractivity contribution in [3.05, 3.63) is 71.9 Å². The summed E-state index contributed by atoms with van der Waals surface area (Å²) < 4.78 is 39.1. The van der Waals surface area contributed by atoms with Gasteiger partial charge in [0.05, 0.1) is 22.5 Å². The summed E-state index contributed by atoms with van der Waals surface area (Å²) in [6.45, 7) is 1.49. The van der Waals surface area contributed by atoms with Crippen LogP contribution in [0.2, 0.25) is 5.02 Å². The number of alkyl halides is 3. The van der Waals surface area contributed by atoms with Crippen molar-refractivity contribution in [1.82, 2.24) is 30.1 Å². The summed E-state index contributed by atoms with van der Waals surface area (Å²) in [6.07, 6.45) is 4.48. The predicted molar refractivity (Wildman–Crippen MR) is 128 cm³/mol. The summed E-state index contributed by atoms with van der Waals surface area (Å²) >= 11 is 6.41. The second kappa shape index (κ2) is 9.01. The van der Waals surface area contributed by atoms with Gasteiger partial charge in [-0.2, -0.15) is 13.2 Å². The van der Waals surface area contributed by atoms with Gasteiger partial charge in [0, 0.05) is 69.1 Å². The van der Waals surface area contributed by atoms with Crippen LogP contribution in [-0.4, -0.2) is 64.3 Å². The van der Waals surface area contributed by atoms with Crippen molar-refractivity contribution in [1.29, 1.82) is 0 Å². The number of hydrogen-bond donors (Lipinski definition) is 1. The minimum atomic E-state index is -4.41. The van der Waals surface area contributed by atoms with E-state index in [1.165, 1.54) is 18.3 Å². The summed E-state index contributed by atoms with van der Waals surface area (Å²) in [6, 6.07) is 6.88. The normalized spacial score (nSPS) is 16.8. The molecule has 2 aliphatic rings. The van der Waals surface area contributed by atoms with Gasteiger partial charge in [-0.3, -0.25) is 15.3 Å². The van der Waals surface area contributed by atoms with Crippen molar-refractivity contribution >= 4 is 17.4 Å². The first kappa shape index (κ1) is 23.4. The van der Waals surface area contributed by atoms with Gasteiger partial charge in [0.15, 0.2) is 6.29 Å². The average molecular weight is 502 g/mol. The van der Waals surface area contributed by atoms with Crippen LogP contribution >= 0.6 is 11.6 Å². The monoisotopic (exact) mass is 501 g/mol. The minimum Gasteiger partial charge on any atom is -0.352 e. The summed E-state index contributed by atoms with van der Waals surface area (Å²) in [4.78, 5) is 19.8. The van der Waals surface area contributed by atoms with Gasteiger partial charge >= 0.3 is 6.18 Å². The Kier molecular flexibility index (Phi) is 6.02. The van der Waals surface area contributed by atoms with Gasteiger partial charge in [0.2, 0.25) is 0 Å². The lowest BCUT2D eigenvalue weighted by atomic mass is 10.0. The summed E-state index contributed by atoms with van der Waals surface area (Å²) in [5, 5.41) is 3.99. The molecule has 0 spiro atoms. The zero-order chi connectivity index (χ0) is 24.7. The Morgan fingerprint density at radius 1 is 0.971 bits per heavy atom. The Labute approximate surface area is 205 Å². The topological polar surface area (TPSA) is 60.4 Å². The Balaban J connectivity index is 1.42. The van der Waals surface area contributed by atoms with Crippen molar-refractivity contribution in [2.24, 2.45) is 0 Å². The molecule has 0 unspecified atom stereocenters. The fourth-order valence-electron chi connectivity index (χ4n) is 4.19. The van der Waals surface area contributed by atoms with Crippen LogP contribution in [-0.2, 0) is 6.18 Å². The maximum absolute atomic E-state index is 13.0. The second-order valence-corrected chi connectivity index (χ2v) is 9.03. The quantitative estimate of drug-likeness (QED) is 0.559. The van der Waals surface area contributed by atoms with Gasteiger partial charge in [-0.05, 0) is 18.2 Å². The highest BCUT2D eigenvalue weighted by atomic mass is 35.5. The minimum absolute atomic E-state index is 0.0986. The fourth-order valence-corrected chi connectivity index (χ4v) is 4.40. The molecule has 5 rings (SSSR count). The van der Waals surface area contributed by atoms with Gasteiger partial charge in [-0.15, -0.1) is 0 Å². The maximum atomic E-state index is 13.0. The third-order valence-electron chi connectivity index (χ3n) is 6.17. The zero-order valence-corrected chi connectivity index (χ0v) is 19.8. The molecule has 0 radical (unpaired) electrons. The molecule has 1 fully saturated rings. The molecular weight excluding hydrogens is 479 g/mol. The van der Waals surface area contributed by atoms with Crippen LogP contribution in [0.3, 0.4) is 0 Å². The molecule has 182 valence electrons. The molecule has 2 aromatic heterocycles. The third-order valence-corrected chi connectivity index (χ3v) is 6.47. The maximum Gasteiger partial charge on any atom is 0.416 e. The van der Waals surface area contributed by atoms with E-state index in [9.17, 15) is 13.2 Å². The lowest BCUT2D eigenvalue weighted by Crippen LogP contribution is -2.64. The molecule has 0 bridgehead atoms. The molecule has 2 aliphatic heterocycles. The number of anilines is 1. The van der Waals surface area contributed by atoms with E-state index >= 15 is 0 Å². The predicted octanol–water partition coefficient (Wildman–Crippen LogP) is 4.29. The van der Waals surface area contributed by atoms with Crippen LogP contribution in [0, 0.1) is 0 Å².